The number of aliphatic carboxylic acids is 1. The van der Waals surface area contributed by atoms with Crippen molar-refractivity contribution >= 4 is 5.97 Å². The summed E-state index contributed by atoms with van der Waals surface area (Å²) in [5.74, 6) is 0.221. The summed E-state index contributed by atoms with van der Waals surface area (Å²) in [7, 11) is 0. The van der Waals surface area contributed by atoms with Gasteiger partial charge in [0.1, 0.15) is 23.7 Å². The van der Waals surface area contributed by atoms with E-state index in [0.29, 0.717) is 13.0 Å². The van der Waals surface area contributed by atoms with E-state index < -0.39 is 17.5 Å². The molecule has 160 valence electrons. The van der Waals surface area contributed by atoms with Gasteiger partial charge in [0, 0.05) is 11.5 Å². The third-order valence-electron chi connectivity index (χ3n) is 6.34. The SMILES string of the molecule is CCC[C@H]1O[C@H]2c3cc(OCc4ccccc4)ccc3OC(C)(C)[C@@H]2C[C@@H]1C(=O)O. The number of benzene rings is 2. The second kappa shape index (κ2) is 8.31. The van der Waals surface area contributed by atoms with Crippen LogP contribution in [0.25, 0.3) is 0 Å². The van der Waals surface area contributed by atoms with Gasteiger partial charge in [0.25, 0.3) is 0 Å². The van der Waals surface area contributed by atoms with Crippen LogP contribution in [-0.4, -0.2) is 22.8 Å². The lowest BCUT2D eigenvalue weighted by atomic mass is 9.71. The maximum Gasteiger partial charge on any atom is 0.309 e. The average molecular weight is 411 g/mol. The molecular weight excluding hydrogens is 380 g/mol. The summed E-state index contributed by atoms with van der Waals surface area (Å²) in [6, 6.07) is 15.9. The normalized spacial score (nSPS) is 26.8. The molecule has 2 aliphatic rings. The molecule has 0 saturated carbocycles. The van der Waals surface area contributed by atoms with Crippen LogP contribution < -0.4 is 9.47 Å². The quantitative estimate of drug-likeness (QED) is 0.692. The lowest BCUT2D eigenvalue weighted by Crippen LogP contribution is -2.52. The van der Waals surface area contributed by atoms with E-state index in [-0.39, 0.29) is 18.1 Å². The average Bonchev–Trinajstić information content (AvgIpc) is 2.72. The predicted molar refractivity (Wildman–Crippen MR) is 114 cm³/mol. The van der Waals surface area contributed by atoms with Gasteiger partial charge < -0.3 is 19.3 Å². The van der Waals surface area contributed by atoms with Crippen LogP contribution in [0.1, 0.15) is 57.3 Å². The number of carbonyl (C=O) groups is 1. The van der Waals surface area contributed by atoms with Gasteiger partial charge in [0.2, 0.25) is 0 Å². The zero-order chi connectivity index (χ0) is 21.3. The number of ether oxygens (including phenoxy) is 3. The van der Waals surface area contributed by atoms with Gasteiger partial charge in [-0.1, -0.05) is 43.7 Å². The van der Waals surface area contributed by atoms with E-state index in [1.807, 2.05) is 62.4 Å². The van der Waals surface area contributed by atoms with Crippen molar-refractivity contribution in [1.82, 2.24) is 0 Å². The largest absolute Gasteiger partial charge is 0.489 e. The van der Waals surface area contributed by atoms with Crippen LogP contribution in [0.5, 0.6) is 11.5 Å². The van der Waals surface area contributed by atoms with E-state index in [1.54, 1.807) is 0 Å². The highest BCUT2D eigenvalue weighted by Gasteiger charge is 2.51. The molecule has 0 spiro atoms. The molecule has 4 rings (SSSR count). The molecule has 2 aromatic carbocycles. The summed E-state index contributed by atoms with van der Waals surface area (Å²) < 4.78 is 18.8. The van der Waals surface area contributed by atoms with Crippen molar-refractivity contribution in [2.45, 2.75) is 64.4 Å². The minimum Gasteiger partial charge on any atom is -0.489 e. The summed E-state index contributed by atoms with van der Waals surface area (Å²) in [6.07, 6.45) is 1.69. The Kier molecular flexibility index (Phi) is 5.74. The second-order valence-corrected chi connectivity index (χ2v) is 8.85. The smallest absolute Gasteiger partial charge is 0.309 e. The van der Waals surface area contributed by atoms with E-state index in [1.165, 1.54) is 0 Å². The van der Waals surface area contributed by atoms with E-state index in [9.17, 15) is 9.90 Å². The van der Waals surface area contributed by atoms with Crippen LogP contribution >= 0.6 is 0 Å². The molecule has 5 nitrogen and oxygen atoms in total. The van der Waals surface area contributed by atoms with Crippen molar-refractivity contribution in [3.63, 3.8) is 0 Å². The predicted octanol–water partition coefficient (Wildman–Crippen LogP) is 5.38. The maximum atomic E-state index is 11.9. The van der Waals surface area contributed by atoms with E-state index in [2.05, 4.69) is 6.92 Å². The Morgan fingerprint density at radius 1 is 1.20 bits per heavy atom. The number of fused-ring (bicyclic) bond motifs is 3. The van der Waals surface area contributed by atoms with E-state index in [0.717, 1.165) is 35.5 Å². The Balaban J connectivity index is 1.62. The van der Waals surface area contributed by atoms with E-state index >= 15 is 0 Å². The first kappa shape index (κ1) is 20.7. The Morgan fingerprint density at radius 2 is 1.97 bits per heavy atom. The van der Waals surface area contributed by atoms with Crippen LogP contribution in [0, 0.1) is 11.8 Å². The monoisotopic (exact) mass is 410 g/mol. The van der Waals surface area contributed by atoms with Crippen molar-refractivity contribution in [2.75, 3.05) is 0 Å². The fourth-order valence-electron chi connectivity index (χ4n) is 4.71. The maximum absolute atomic E-state index is 11.9. The van der Waals surface area contributed by atoms with Crippen LogP contribution in [0.4, 0.5) is 0 Å². The van der Waals surface area contributed by atoms with Gasteiger partial charge in [0.05, 0.1) is 18.1 Å². The Hall–Kier alpha value is -2.53. The number of carboxylic acids is 1. The van der Waals surface area contributed by atoms with Crippen LogP contribution in [0.15, 0.2) is 48.5 Å². The van der Waals surface area contributed by atoms with Gasteiger partial charge in [-0.25, -0.2) is 0 Å². The van der Waals surface area contributed by atoms with Gasteiger partial charge in [-0.05, 0) is 50.5 Å². The number of rotatable bonds is 6. The van der Waals surface area contributed by atoms with Crippen molar-refractivity contribution in [2.24, 2.45) is 11.8 Å². The summed E-state index contributed by atoms with van der Waals surface area (Å²) in [6.45, 7) is 6.60. The van der Waals surface area contributed by atoms with Crippen molar-refractivity contribution in [1.29, 1.82) is 0 Å². The second-order valence-electron chi connectivity index (χ2n) is 8.85. The molecule has 4 atom stereocenters. The van der Waals surface area contributed by atoms with Gasteiger partial charge in [-0.15, -0.1) is 0 Å². The first-order valence-corrected chi connectivity index (χ1v) is 10.8. The Labute approximate surface area is 178 Å². The van der Waals surface area contributed by atoms with Gasteiger partial charge >= 0.3 is 5.97 Å². The summed E-state index contributed by atoms with van der Waals surface area (Å²) in [5, 5.41) is 9.77. The summed E-state index contributed by atoms with van der Waals surface area (Å²) in [4.78, 5) is 11.9. The molecule has 30 heavy (non-hydrogen) atoms. The highest BCUT2D eigenvalue weighted by atomic mass is 16.5. The molecule has 0 bridgehead atoms. The molecule has 0 radical (unpaired) electrons. The molecule has 1 fully saturated rings. The molecule has 0 aromatic heterocycles. The van der Waals surface area contributed by atoms with Crippen LogP contribution in [0.3, 0.4) is 0 Å². The first-order valence-electron chi connectivity index (χ1n) is 10.8. The number of hydrogen-bond acceptors (Lipinski definition) is 4. The number of carboxylic acid groups (broad SMARTS) is 1. The summed E-state index contributed by atoms with van der Waals surface area (Å²) in [5.41, 5.74) is 1.55. The molecule has 0 amide bonds. The first-order chi connectivity index (χ1) is 14.4. The number of hydrogen-bond donors (Lipinski definition) is 1. The molecular formula is C25H30O5. The minimum atomic E-state index is -0.784. The van der Waals surface area contributed by atoms with Crippen molar-refractivity contribution < 1.29 is 24.1 Å². The summed E-state index contributed by atoms with van der Waals surface area (Å²) >= 11 is 0. The fraction of sp³-hybridized carbons (Fsp3) is 0.480. The Morgan fingerprint density at radius 3 is 2.67 bits per heavy atom. The fourth-order valence-corrected chi connectivity index (χ4v) is 4.71. The minimum absolute atomic E-state index is 0.0384. The highest BCUT2D eigenvalue weighted by Crippen LogP contribution is 2.53. The molecule has 5 heteroatoms. The zero-order valence-corrected chi connectivity index (χ0v) is 17.8. The molecule has 2 heterocycles. The highest BCUT2D eigenvalue weighted by molar-refractivity contribution is 5.71. The third-order valence-corrected chi connectivity index (χ3v) is 6.34. The molecule has 1 saturated heterocycles. The molecule has 0 aliphatic carbocycles. The molecule has 1 N–H and O–H groups in total. The lowest BCUT2D eigenvalue weighted by molar-refractivity contribution is -0.188. The van der Waals surface area contributed by atoms with Crippen LogP contribution in [-0.2, 0) is 16.1 Å². The van der Waals surface area contributed by atoms with Gasteiger partial charge in [-0.2, -0.15) is 0 Å². The van der Waals surface area contributed by atoms with Crippen molar-refractivity contribution in [3.05, 3.63) is 59.7 Å². The van der Waals surface area contributed by atoms with Crippen LogP contribution in [0.2, 0.25) is 0 Å². The zero-order valence-electron chi connectivity index (χ0n) is 17.8. The third kappa shape index (κ3) is 4.04. The van der Waals surface area contributed by atoms with Crippen molar-refractivity contribution in [3.8, 4) is 11.5 Å². The van der Waals surface area contributed by atoms with Gasteiger partial charge in [0.15, 0.2) is 0 Å². The molecule has 2 aliphatic heterocycles. The van der Waals surface area contributed by atoms with E-state index in [4.69, 9.17) is 14.2 Å². The topological polar surface area (TPSA) is 65.0 Å². The Bertz CT molecular complexity index is 892. The van der Waals surface area contributed by atoms with Gasteiger partial charge in [-0.3, -0.25) is 4.79 Å². The molecule has 0 unspecified atom stereocenters. The molecule has 2 aromatic rings. The standard InChI is InChI=1S/C25H30O5/c1-4-8-21-19(24(26)27)14-20-23(29-21)18-13-17(11-12-22(18)30-25(20,2)3)28-15-16-9-6-5-7-10-16/h5-7,9-13,19-21,23H,4,8,14-15H2,1-3H3,(H,26,27)/t19-,20+,21+,23-/m0/s1. The lowest BCUT2D eigenvalue weighted by Gasteiger charge is -2.50.